The van der Waals surface area contributed by atoms with E-state index in [0.29, 0.717) is 12.7 Å². The fourth-order valence-corrected chi connectivity index (χ4v) is 1.53. The molecule has 0 saturated carbocycles. The lowest BCUT2D eigenvalue weighted by Crippen LogP contribution is -2.50. The zero-order chi connectivity index (χ0) is 14.8. The van der Waals surface area contributed by atoms with Gasteiger partial charge in [-0.25, -0.2) is 0 Å². The predicted molar refractivity (Wildman–Crippen MR) is 67.4 cm³/mol. The van der Waals surface area contributed by atoms with Gasteiger partial charge in [0.25, 0.3) is 0 Å². The third kappa shape index (κ3) is 7.91. The van der Waals surface area contributed by atoms with Gasteiger partial charge in [-0.15, -0.1) is 0 Å². The molecule has 2 atom stereocenters. The number of rotatable bonds is 9. The number of carbonyl (C=O) groups excluding carboxylic acids is 3. The molecule has 0 spiro atoms. The molecule has 7 heteroatoms. The molecule has 2 amide bonds. The summed E-state index contributed by atoms with van der Waals surface area (Å²) in [5.74, 6) is -2.07. The molecule has 0 heterocycles. The van der Waals surface area contributed by atoms with Gasteiger partial charge in [-0.1, -0.05) is 19.8 Å². The molecule has 0 aliphatic heterocycles. The molecule has 0 saturated heterocycles. The normalized spacial score (nSPS) is 13.2. The largest absolute Gasteiger partial charge is 0.481 e. The standard InChI is InChI=1S/C12H20N2O5/c1-3-4-5-10(13-8(2)16)12(19)14-9(7-15)6-11(17)18/h7,9-10H,3-6H2,1-2H3,(H,13,16)(H,14,19)(H,17,18)/t9-,10-/m0/s1. The number of nitrogens with one attached hydrogen (secondary N) is 2. The Morgan fingerprint density at radius 2 is 1.89 bits per heavy atom. The van der Waals surface area contributed by atoms with Crippen LogP contribution in [-0.4, -0.2) is 41.3 Å². The number of carbonyl (C=O) groups is 4. The Hall–Kier alpha value is -1.92. The molecule has 0 aromatic rings. The van der Waals surface area contributed by atoms with E-state index >= 15 is 0 Å². The first-order valence-corrected chi connectivity index (χ1v) is 6.15. The van der Waals surface area contributed by atoms with Gasteiger partial charge in [-0.2, -0.15) is 0 Å². The minimum atomic E-state index is -1.18. The second kappa shape index (κ2) is 9.07. The summed E-state index contributed by atoms with van der Waals surface area (Å²) in [5, 5.41) is 13.4. The highest BCUT2D eigenvalue weighted by molar-refractivity contribution is 5.89. The van der Waals surface area contributed by atoms with Crippen LogP contribution in [0.2, 0.25) is 0 Å². The van der Waals surface area contributed by atoms with Gasteiger partial charge in [0.05, 0.1) is 12.5 Å². The van der Waals surface area contributed by atoms with Crippen LogP contribution in [0.25, 0.3) is 0 Å². The van der Waals surface area contributed by atoms with E-state index in [-0.39, 0.29) is 5.91 Å². The number of amides is 2. The zero-order valence-electron chi connectivity index (χ0n) is 11.1. The highest BCUT2D eigenvalue weighted by atomic mass is 16.4. The van der Waals surface area contributed by atoms with E-state index in [2.05, 4.69) is 10.6 Å². The lowest BCUT2D eigenvalue weighted by atomic mass is 10.1. The zero-order valence-corrected chi connectivity index (χ0v) is 11.1. The van der Waals surface area contributed by atoms with Crippen LogP contribution in [0.3, 0.4) is 0 Å². The minimum absolute atomic E-state index is 0.350. The second-order valence-corrected chi connectivity index (χ2v) is 4.24. The first kappa shape index (κ1) is 17.1. The van der Waals surface area contributed by atoms with Crippen molar-refractivity contribution in [2.45, 2.75) is 51.6 Å². The fraction of sp³-hybridized carbons (Fsp3) is 0.667. The van der Waals surface area contributed by atoms with Crippen molar-refractivity contribution in [1.82, 2.24) is 10.6 Å². The Labute approximate surface area is 111 Å². The molecule has 0 fully saturated rings. The number of carboxylic acid groups (broad SMARTS) is 1. The first-order chi connectivity index (χ1) is 8.90. The van der Waals surface area contributed by atoms with Crippen molar-refractivity contribution in [3.8, 4) is 0 Å². The smallest absolute Gasteiger partial charge is 0.305 e. The number of unbranched alkanes of at least 4 members (excludes halogenated alkanes) is 1. The molecule has 0 unspecified atom stereocenters. The predicted octanol–water partition coefficient (Wildman–Crippen LogP) is -0.160. The monoisotopic (exact) mass is 272 g/mol. The summed E-state index contributed by atoms with van der Waals surface area (Å²) in [6, 6.07) is -1.82. The average molecular weight is 272 g/mol. The van der Waals surface area contributed by atoms with Gasteiger partial charge in [-0.05, 0) is 6.42 Å². The van der Waals surface area contributed by atoms with Crippen molar-refractivity contribution in [1.29, 1.82) is 0 Å². The Bertz CT molecular complexity index is 343. The second-order valence-electron chi connectivity index (χ2n) is 4.24. The molecule has 0 aliphatic rings. The Kier molecular flexibility index (Phi) is 8.15. The molecule has 3 N–H and O–H groups in total. The van der Waals surface area contributed by atoms with E-state index in [4.69, 9.17) is 5.11 Å². The number of hydrogen-bond donors (Lipinski definition) is 3. The summed E-state index contributed by atoms with van der Waals surface area (Å²) in [6.07, 6.45) is 1.94. The molecule has 108 valence electrons. The van der Waals surface area contributed by atoms with E-state index in [9.17, 15) is 19.2 Å². The van der Waals surface area contributed by atoms with Crippen molar-refractivity contribution in [3.63, 3.8) is 0 Å². The van der Waals surface area contributed by atoms with Crippen LogP contribution in [0.1, 0.15) is 39.5 Å². The maximum Gasteiger partial charge on any atom is 0.305 e. The maximum absolute atomic E-state index is 11.9. The van der Waals surface area contributed by atoms with Gasteiger partial charge in [0.1, 0.15) is 12.3 Å². The van der Waals surface area contributed by atoms with Crippen LogP contribution >= 0.6 is 0 Å². The lowest BCUT2D eigenvalue weighted by molar-refractivity contribution is -0.139. The van der Waals surface area contributed by atoms with Crippen LogP contribution < -0.4 is 10.6 Å². The molecule has 0 radical (unpaired) electrons. The Balaban J connectivity index is 4.54. The van der Waals surface area contributed by atoms with E-state index in [0.717, 1.165) is 12.8 Å². The Morgan fingerprint density at radius 3 is 2.32 bits per heavy atom. The molecular weight excluding hydrogens is 252 g/mol. The van der Waals surface area contributed by atoms with Crippen LogP contribution in [-0.2, 0) is 19.2 Å². The highest BCUT2D eigenvalue weighted by Gasteiger charge is 2.22. The SMILES string of the molecule is CCCC[C@H](NC(C)=O)C(=O)N[C@H](C=O)CC(=O)O. The van der Waals surface area contributed by atoms with Gasteiger partial charge in [0.15, 0.2) is 0 Å². The molecule has 0 aliphatic carbocycles. The third-order valence-electron chi connectivity index (χ3n) is 2.43. The lowest BCUT2D eigenvalue weighted by Gasteiger charge is -2.19. The van der Waals surface area contributed by atoms with Crippen LogP contribution in [0.4, 0.5) is 0 Å². The van der Waals surface area contributed by atoms with Crippen LogP contribution in [0.5, 0.6) is 0 Å². The van der Waals surface area contributed by atoms with Gasteiger partial charge in [-0.3, -0.25) is 14.4 Å². The van der Waals surface area contributed by atoms with Crippen LogP contribution in [0, 0.1) is 0 Å². The topological polar surface area (TPSA) is 113 Å². The Morgan fingerprint density at radius 1 is 1.26 bits per heavy atom. The highest BCUT2D eigenvalue weighted by Crippen LogP contribution is 2.02. The summed E-state index contributed by atoms with van der Waals surface area (Å²) in [4.78, 5) is 44.0. The van der Waals surface area contributed by atoms with E-state index in [1.807, 2.05) is 6.92 Å². The summed E-state index contributed by atoms with van der Waals surface area (Å²) in [7, 11) is 0. The number of aldehydes is 1. The maximum atomic E-state index is 11.9. The van der Waals surface area contributed by atoms with Crippen molar-refractivity contribution >= 4 is 24.1 Å². The summed E-state index contributed by atoms with van der Waals surface area (Å²) in [6.45, 7) is 3.24. The number of hydrogen-bond acceptors (Lipinski definition) is 4. The summed E-state index contributed by atoms with van der Waals surface area (Å²) >= 11 is 0. The molecule has 0 aromatic carbocycles. The minimum Gasteiger partial charge on any atom is -0.481 e. The first-order valence-electron chi connectivity index (χ1n) is 6.15. The van der Waals surface area contributed by atoms with Gasteiger partial charge in [0.2, 0.25) is 11.8 Å². The molecular formula is C12H20N2O5. The van der Waals surface area contributed by atoms with Gasteiger partial charge in [0, 0.05) is 6.92 Å². The number of carboxylic acids is 1. The fourth-order valence-electron chi connectivity index (χ4n) is 1.53. The van der Waals surface area contributed by atoms with E-state index in [1.165, 1.54) is 6.92 Å². The number of aliphatic carboxylic acids is 1. The third-order valence-corrected chi connectivity index (χ3v) is 2.43. The van der Waals surface area contributed by atoms with Crippen molar-refractivity contribution in [2.75, 3.05) is 0 Å². The van der Waals surface area contributed by atoms with Crippen LogP contribution in [0.15, 0.2) is 0 Å². The summed E-state index contributed by atoms with van der Waals surface area (Å²) < 4.78 is 0. The molecule has 0 rings (SSSR count). The van der Waals surface area contributed by atoms with E-state index in [1.54, 1.807) is 0 Å². The van der Waals surface area contributed by atoms with Crippen molar-refractivity contribution < 1.29 is 24.3 Å². The molecule has 19 heavy (non-hydrogen) atoms. The summed E-state index contributed by atoms with van der Waals surface area (Å²) in [5.41, 5.74) is 0. The van der Waals surface area contributed by atoms with E-state index < -0.39 is 30.4 Å². The van der Waals surface area contributed by atoms with Gasteiger partial charge < -0.3 is 20.5 Å². The molecule has 0 bridgehead atoms. The molecule has 0 aromatic heterocycles. The van der Waals surface area contributed by atoms with Crippen molar-refractivity contribution in [3.05, 3.63) is 0 Å². The quantitative estimate of drug-likeness (QED) is 0.505. The van der Waals surface area contributed by atoms with Crippen molar-refractivity contribution in [2.24, 2.45) is 0 Å². The molecule has 7 nitrogen and oxygen atoms in total. The average Bonchev–Trinajstić information content (AvgIpc) is 2.32. The van der Waals surface area contributed by atoms with Gasteiger partial charge >= 0.3 is 5.97 Å².